The number of carbonyl (C=O) groups excluding carboxylic acids is 1. The summed E-state index contributed by atoms with van der Waals surface area (Å²) in [6.07, 6.45) is 2.82. The molecule has 0 bridgehead atoms. The van der Waals surface area contributed by atoms with E-state index in [0.717, 1.165) is 59.6 Å². The fourth-order valence-electron chi connectivity index (χ4n) is 5.01. The van der Waals surface area contributed by atoms with Crippen LogP contribution >= 0.6 is 0 Å². The van der Waals surface area contributed by atoms with Crippen LogP contribution in [0.3, 0.4) is 0 Å². The largest absolute Gasteiger partial charge is 0.493 e. The number of methoxy groups -OCH3 is 1. The zero-order chi connectivity index (χ0) is 24.7. The van der Waals surface area contributed by atoms with Crippen LogP contribution in [-0.2, 0) is 9.53 Å². The quantitative estimate of drug-likeness (QED) is 0.358. The molecule has 8 nitrogen and oxygen atoms in total. The molecule has 2 fully saturated rings. The Morgan fingerprint density at radius 1 is 1.11 bits per heavy atom. The molecule has 2 saturated heterocycles. The van der Waals surface area contributed by atoms with Crippen molar-refractivity contribution in [1.82, 2.24) is 14.9 Å². The summed E-state index contributed by atoms with van der Waals surface area (Å²) in [6, 6.07) is 13.7. The number of carbonyl (C=O) groups is 1. The van der Waals surface area contributed by atoms with Crippen LogP contribution < -0.4 is 14.2 Å². The molecule has 0 unspecified atom stereocenters. The number of hydrogen-bond donors (Lipinski definition) is 1. The molecule has 0 saturated carbocycles. The third kappa shape index (κ3) is 4.22. The van der Waals surface area contributed by atoms with E-state index in [1.165, 1.54) is 0 Å². The summed E-state index contributed by atoms with van der Waals surface area (Å²) >= 11 is 0. The number of nitrogens with one attached hydrogen (secondary N) is 1. The number of amides is 1. The third-order valence-corrected chi connectivity index (χ3v) is 6.96. The van der Waals surface area contributed by atoms with E-state index >= 15 is 0 Å². The molecule has 2 aromatic heterocycles. The number of rotatable bonds is 8. The predicted molar refractivity (Wildman–Crippen MR) is 136 cm³/mol. The van der Waals surface area contributed by atoms with E-state index in [2.05, 4.69) is 16.0 Å². The van der Waals surface area contributed by atoms with Gasteiger partial charge in [0.2, 0.25) is 5.91 Å². The Balaban J connectivity index is 1.12. The van der Waals surface area contributed by atoms with Gasteiger partial charge in [-0.3, -0.25) is 9.78 Å². The number of aromatic amines is 1. The van der Waals surface area contributed by atoms with Gasteiger partial charge in [0.05, 0.1) is 37.9 Å². The van der Waals surface area contributed by atoms with Crippen molar-refractivity contribution >= 4 is 27.7 Å². The van der Waals surface area contributed by atoms with Crippen molar-refractivity contribution in [3.8, 4) is 23.0 Å². The first-order valence-corrected chi connectivity index (χ1v) is 12.2. The minimum absolute atomic E-state index is 0.179. The maximum Gasteiger partial charge on any atom is 0.222 e. The normalized spacial score (nSPS) is 16.1. The molecule has 0 atom stereocenters. The molecular weight excluding hydrogens is 458 g/mol. The molecule has 8 heteroatoms. The van der Waals surface area contributed by atoms with Crippen molar-refractivity contribution in [1.29, 1.82) is 0 Å². The summed E-state index contributed by atoms with van der Waals surface area (Å²) in [5, 5.41) is 1.93. The number of H-pyrrole nitrogens is 1. The van der Waals surface area contributed by atoms with Gasteiger partial charge in [-0.1, -0.05) is 0 Å². The summed E-state index contributed by atoms with van der Waals surface area (Å²) in [6.45, 7) is 5.66. The van der Waals surface area contributed by atoms with E-state index in [-0.39, 0.29) is 11.3 Å². The van der Waals surface area contributed by atoms with E-state index in [0.29, 0.717) is 36.7 Å². The molecule has 4 heterocycles. The zero-order valence-electron chi connectivity index (χ0n) is 20.5. The number of benzene rings is 2. The molecule has 36 heavy (non-hydrogen) atoms. The van der Waals surface area contributed by atoms with Crippen molar-refractivity contribution in [2.45, 2.75) is 19.8 Å². The van der Waals surface area contributed by atoms with Crippen LogP contribution in [0.4, 0.5) is 0 Å². The van der Waals surface area contributed by atoms with Gasteiger partial charge in [0.15, 0.2) is 11.5 Å². The maximum absolute atomic E-state index is 12.4. The molecule has 1 N–H and O–H groups in total. The number of aromatic nitrogens is 2. The van der Waals surface area contributed by atoms with Gasteiger partial charge >= 0.3 is 0 Å². The summed E-state index contributed by atoms with van der Waals surface area (Å²) in [5.41, 5.74) is 3.17. The highest BCUT2D eigenvalue weighted by Gasteiger charge is 2.50. The minimum Gasteiger partial charge on any atom is -0.493 e. The summed E-state index contributed by atoms with van der Waals surface area (Å²) in [4.78, 5) is 22.2. The SMILES string of the molecule is COc1cc2c(Oc3ccc4[nH]c(C)cc4c3)ccnc2cc1OCCCC(=O)N1CC2(COC2)C1. The van der Waals surface area contributed by atoms with Gasteiger partial charge in [-0.05, 0) is 49.7 Å². The number of fused-ring (bicyclic) bond motifs is 2. The second-order valence-electron chi connectivity index (χ2n) is 9.83. The average Bonchev–Trinajstić information content (AvgIpc) is 3.19. The molecule has 2 aromatic carbocycles. The first-order valence-electron chi connectivity index (χ1n) is 12.2. The lowest BCUT2D eigenvalue weighted by Crippen LogP contribution is -2.67. The van der Waals surface area contributed by atoms with Gasteiger partial charge in [0.25, 0.3) is 0 Å². The van der Waals surface area contributed by atoms with Crippen molar-refractivity contribution in [3.05, 3.63) is 54.4 Å². The second-order valence-corrected chi connectivity index (χ2v) is 9.83. The highest BCUT2D eigenvalue weighted by atomic mass is 16.5. The maximum atomic E-state index is 12.4. The van der Waals surface area contributed by atoms with E-state index in [1.807, 2.05) is 48.2 Å². The topological polar surface area (TPSA) is 85.9 Å². The fourth-order valence-corrected chi connectivity index (χ4v) is 5.01. The molecule has 2 aliphatic rings. The number of hydrogen-bond acceptors (Lipinski definition) is 6. The van der Waals surface area contributed by atoms with Crippen LogP contribution in [0.2, 0.25) is 0 Å². The molecule has 1 amide bonds. The molecule has 2 aliphatic heterocycles. The van der Waals surface area contributed by atoms with Crippen molar-refractivity contribution < 1.29 is 23.7 Å². The number of ether oxygens (including phenoxy) is 4. The third-order valence-electron chi connectivity index (χ3n) is 6.96. The first-order chi connectivity index (χ1) is 17.5. The molecule has 1 spiro atoms. The fraction of sp³-hybridized carbons (Fsp3) is 0.357. The molecule has 4 aromatic rings. The Labute approximate surface area is 209 Å². The summed E-state index contributed by atoms with van der Waals surface area (Å²) in [5.74, 6) is 2.80. The molecule has 186 valence electrons. The van der Waals surface area contributed by atoms with Gasteiger partial charge in [-0.15, -0.1) is 0 Å². The Morgan fingerprint density at radius 3 is 2.75 bits per heavy atom. The van der Waals surface area contributed by atoms with Crippen LogP contribution in [0.25, 0.3) is 21.8 Å². The highest BCUT2D eigenvalue weighted by molar-refractivity contribution is 5.89. The lowest BCUT2D eigenvalue weighted by Gasteiger charge is -2.55. The van der Waals surface area contributed by atoms with Gasteiger partial charge in [-0.2, -0.15) is 0 Å². The Bertz CT molecular complexity index is 1430. The average molecular weight is 488 g/mol. The summed E-state index contributed by atoms with van der Waals surface area (Å²) < 4.78 is 23.1. The van der Waals surface area contributed by atoms with Crippen LogP contribution in [0.15, 0.2) is 48.7 Å². The van der Waals surface area contributed by atoms with Gasteiger partial charge in [0, 0.05) is 53.8 Å². The zero-order valence-corrected chi connectivity index (χ0v) is 20.5. The predicted octanol–water partition coefficient (Wildman–Crippen LogP) is 4.84. The molecule has 0 radical (unpaired) electrons. The van der Waals surface area contributed by atoms with Crippen LogP contribution in [0, 0.1) is 12.3 Å². The number of pyridine rings is 1. The van der Waals surface area contributed by atoms with Crippen molar-refractivity contribution in [2.75, 3.05) is 40.0 Å². The van der Waals surface area contributed by atoms with Crippen LogP contribution in [0.1, 0.15) is 18.5 Å². The number of aryl methyl sites for hydroxylation is 1. The van der Waals surface area contributed by atoms with Crippen molar-refractivity contribution in [2.24, 2.45) is 5.41 Å². The van der Waals surface area contributed by atoms with Gasteiger partial charge in [0.1, 0.15) is 11.5 Å². The van der Waals surface area contributed by atoms with Crippen molar-refractivity contribution in [3.63, 3.8) is 0 Å². The Morgan fingerprint density at radius 2 is 1.97 bits per heavy atom. The first kappa shape index (κ1) is 22.7. The van der Waals surface area contributed by atoms with E-state index in [4.69, 9.17) is 18.9 Å². The van der Waals surface area contributed by atoms with Crippen LogP contribution in [-0.4, -0.2) is 60.8 Å². The smallest absolute Gasteiger partial charge is 0.222 e. The Kier molecular flexibility index (Phi) is 5.68. The number of likely N-dealkylation sites (tertiary alicyclic amines) is 1. The van der Waals surface area contributed by atoms with E-state index in [9.17, 15) is 4.79 Å². The van der Waals surface area contributed by atoms with Gasteiger partial charge < -0.3 is 28.8 Å². The summed E-state index contributed by atoms with van der Waals surface area (Å²) in [7, 11) is 1.61. The highest BCUT2D eigenvalue weighted by Crippen LogP contribution is 2.39. The lowest BCUT2D eigenvalue weighted by atomic mass is 9.78. The molecule has 0 aliphatic carbocycles. The molecule has 6 rings (SSSR count). The van der Waals surface area contributed by atoms with E-state index in [1.54, 1.807) is 13.3 Å². The Hall–Kier alpha value is -3.78. The lowest BCUT2D eigenvalue weighted by molar-refractivity contribution is -0.195. The van der Waals surface area contributed by atoms with Gasteiger partial charge in [-0.25, -0.2) is 0 Å². The minimum atomic E-state index is 0.179. The second kappa shape index (κ2) is 9.02. The molecular formula is C28H29N3O5. The monoisotopic (exact) mass is 487 g/mol. The number of nitrogens with zero attached hydrogens (tertiary/aromatic N) is 2. The standard InChI is InChI=1S/C28H29N3O5/c1-18-10-19-11-20(5-6-22(19)30-18)36-24-7-8-29-23-13-26(25(33-2)12-21(23)24)35-9-3-4-27(32)31-14-28(15-31)16-34-17-28/h5-8,10-13,30H,3-4,9,14-17H2,1-2H3. The van der Waals surface area contributed by atoms with Crippen LogP contribution in [0.5, 0.6) is 23.0 Å². The van der Waals surface area contributed by atoms with E-state index < -0.39 is 0 Å².